The third kappa shape index (κ3) is 5.45. The van der Waals surface area contributed by atoms with Crippen LogP contribution in [0.5, 0.6) is 0 Å². The monoisotopic (exact) mass is 844 g/mol. The van der Waals surface area contributed by atoms with Gasteiger partial charge in [0.05, 0.1) is 0 Å². The first-order valence-corrected chi connectivity index (χ1v) is 23.7. The first-order valence-electron chi connectivity index (χ1n) is 23.7. The Morgan fingerprint density at radius 1 is 0.273 bits per heavy atom. The second-order valence-electron chi connectivity index (χ2n) is 20.8. The summed E-state index contributed by atoms with van der Waals surface area (Å²) in [5.74, 6) is 0. The Balaban J connectivity index is 1.01. The minimum atomic E-state index is -0.175. The number of benzene rings is 10. The van der Waals surface area contributed by atoms with Crippen molar-refractivity contribution in [3.05, 3.63) is 214 Å². The Labute approximate surface area is 389 Å². The van der Waals surface area contributed by atoms with Crippen molar-refractivity contribution in [2.45, 2.75) is 66.2 Å². The molecule has 3 aliphatic rings. The summed E-state index contributed by atoms with van der Waals surface area (Å²) in [5.41, 5.74) is 31.5. The van der Waals surface area contributed by atoms with Crippen molar-refractivity contribution < 1.29 is 0 Å². The van der Waals surface area contributed by atoms with Gasteiger partial charge in [-0.2, -0.15) is 0 Å². The average molecular weight is 845 g/mol. The quantitative estimate of drug-likeness (QED) is 0.166. The average Bonchev–Trinajstić information content (AvgIpc) is 3.84. The van der Waals surface area contributed by atoms with Gasteiger partial charge in [0, 0.05) is 10.8 Å². The molecule has 0 atom stereocenters. The highest BCUT2D eigenvalue weighted by Gasteiger charge is 2.39. The molecular formula is C66H52. The Kier molecular flexibility index (Phi) is 8.08. The second-order valence-corrected chi connectivity index (χ2v) is 20.8. The van der Waals surface area contributed by atoms with E-state index < -0.39 is 0 Å². The van der Waals surface area contributed by atoms with Gasteiger partial charge in [0.1, 0.15) is 0 Å². The summed E-state index contributed by atoms with van der Waals surface area (Å²) in [7, 11) is 0. The lowest BCUT2D eigenvalue weighted by Crippen LogP contribution is -2.15. The molecule has 0 bridgehead atoms. The number of fused-ring (bicyclic) bond motifs is 10. The molecule has 0 heterocycles. The normalized spacial score (nSPS) is 14.3. The molecule has 0 aromatic heterocycles. The van der Waals surface area contributed by atoms with Crippen molar-refractivity contribution in [3.63, 3.8) is 0 Å². The van der Waals surface area contributed by atoms with Gasteiger partial charge in [-0.15, -0.1) is 0 Å². The third-order valence-corrected chi connectivity index (χ3v) is 15.7. The van der Waals surface area contributed by atoms with Crippen LogP contribution in [0, 0.1) is 27.7 Å². The summed E-state index contributed by atoms with van der Waals surface area (Å²) < 4.78 is 0. The largest absolute Gasteiger partial charge is 0.0616 e. The van der Waals surface area contributed by atoms with Crippen LogP contribution < -0.4 is 0 Å². The molecule has 316 valence electrons. The van der Waals surface area contributed by atoms with Gasteiger partial charge in [-0.1, -0.05) is 196 Å². The van der Waals surface area contributed by atoms with Crippen molar-refractivity contribution in [2.75, 3.05) is 0 Å². The third-order valence-electron chi connectivity index (χ3n) is 15.7. The highest BCUT2D eigenvalue weighted by Crippen LogP contribution is 2.60. The van der Waals surface area contributed by atoms with E-state index in [9.17, 15) is 0 Å². The maximum Gasteiger partial charge on any atom is 0.0159 e. The zero-order chi connectivity index (χ0) is 45.0. The van der Waals surface area contributed by atoms with E-state index in [4.69, 9.17) is 0 Å². The molecular weight excluding hydrogens is 793 g/mol. The summed E-state index contributed by atoms with van der Waals surface area (Å²) in [6.07, 6.45) is 0. The maximum absolute atomic E-state index is 2.54. The molecule has 66 heavy (non-hydrogen) atoms. The molecule has 0 nitrogen and oxygen atoms in total. The maximum atomic E-state index is 2.54. The molecule has 0 radical (unpaired) electrons. The predicted molar refractivity (Wildman–Crippen MR) is 282 cm³/mol. The van der Waals surface area contributed by atoms with E-state index in [0.717, 1.165) is 0 Å². The van der Waals surface area contributed by atoms with Crippen LogP contribution in [-0.2, 0) is 10.8 Å². The Morgan fingerprint density at radius 3 is 1.00 bits per heavy atom. The molecule has 10 aromatic carbocycles. The van der Waals surface area contributed by atoms with Crippen molar-refractivity contribution in [2.24, 2.45) is 0 Å². The molecule has 0 heteroatoms. The fraction of sp³-hybridized carbons (Fsp3) is 0.152. The second kappa shape index (κ2) is 13.6. The molecule has 0 fully saturated rings. The molecule has 0 spiro atoms. The fourth-order valence-corrected chi connectivity index (χ4v) is 12.8. The van der Waals surface area contributed by atoms with E-state index in [2.05, 4.69) is 225 Å². The first-order chi connectivity index (χ1) is 31.8. The van der Waals surface area contributed by atoms with Gasteiger partial charge in [-0.05, 0) is 185 Å². The van der Waals surface area contributed by atoms with E-state index >= 15 is 0 Å². The lowest BCUT2D eigenvalue weighted by Gasteiger charge is -2.25. The summed E-state index contributed by atoms with van der Waals surface area (Å²) in [6, 6.07) is 65.9. The van der Waals surface area contributed by atoms with E-state index in [1.165, 1.54) is 155 Å². The van der Waals surface area contributed by atoms with Crippen molar-refractivity contribution in [3.8, 4) is 89.0 Å². The van der Waals surface area contributed by atoms with Crippen LogP contribution in [0.4, 0.5) is 0 Å². The van der Waals surface area contributed by atoms with E-state index in [0.29, 0.717) is 0 Å². The van der Waals surface area contributed by atoms with Gasteiger partial charge in [-0.25, -0.2) is 0 Å². The van der Waals surface area contributed by atoms with Crippen LogP contribution in [0.25, 0.3) is 111 Å². The van der Waals surface area contributed by atoms with Crippen molar-refractivity contribution in [1.82, 2.24) is 0 Å². The molecule has 0 aliphatic heterocycles. The zero-order valence-corrected chi connectivity index (χ0v) is 39.2. The first kappa shape index (κ1) is 39.1. The molecule has 0 N–H and O–H groups in total. The van der Waals surface area contributed by atoms with Gasteiger partial charge >= 0.3 is 0 Å². The van der Waals surface area contributed by atoms with Gasteiger partial charge in [0.15, 0.2) is 0 Å². The van der Waals surface area contributed by atoms with Gasteiger partial charge in [-0.3, -0.25) is 0 Å². The fourth-order valence-electron chi connectivity index (χ4n) is 12.8. The summed E-state index contributed by atoms with van der Waals surface area (Å²) >= 11 is 0. The minimum Gasteiger partial charge on any atom is -0.0616 e. The molecule has 0 saturated carbocycles. The zero-order valence-electron chi connectivity index (χ0n) is 39.2. The highest BCUT2D eigenvalue weighted by atomic mass is 14.4. The summed E-state index contributed by atoms with van der Waals surface area (Å²) in [6.45, 7) is 18.5. The molecule has 13 rings (SSSR count). The van der Waals surface area contributed by atoms with Gasteiger partial charge in [0.25, 0.3) is 0 Å². The van der Waals surface area contributed by atoms with Crippen LogP contribution in [-0.4, -0.2) is 0 Å². The number of hydrogen-bond donors (Lipinski definition) is 0. The summed E-state index contributed by atoms with van der Waals surface area (Å²) in [4.78, 5) is 0. The molecule has 0 amide bonds. The lowest BCUT2D eigenvalue weighted by molar-refractivity contribution is 0.660. The number of rotatable bonds is 4. The van der Waals surface area contributed by atoms with Crippen LogP contribution in [0.1, 0.15) is 72.2 Å². The SMILES string of the molecule is Cc1cc(C)cc(-c2ccc3c(c2)C(C)(C)c2cc(-c4c5c(c(-c6ccc7c(c6)C(C)(C)c6cc(-c8cc(C)cc(C)c8)ccc6-7)c6ccccc46)-c4cccc6cccc-5c46)ccc2-3)c1. The standard InChI is InChI=1S/C66H52/c1-37-27-38(2)30-46(29-37)42-19-23-48-50-25-21-44(35-58(50)65(5,6)56(48)33-42)61-52-15-9-10-16-53(52)62(64-55-18-12-14-41-13-11-17-54(60(41)55)63(61)64)45-22-26-51-49-24-20-43(47-31-39(3)28-40(4)32-47)34-57(49)66(7,8)59(51)36-45/h9-36H,1-8H3. The Bertz CT molecular complexity index is 3510. The number of hydrogen-bond acceptors (Lipinski definition) is 0. The van der Waals surface area contributed by atoms with E-state index in [1.54, 1.807) is 0 Å². The van der Waals surface area contributed by atoms with Crippen LogP contribution >= 0.6 is 0 Å². The Hall–Kier alpha value is -7.28. The number of aryl methyl sites for hydroxylation is 4. The minimum absolute atomic E-state index is 0.175. The van der Waals surface area contributed by atoms with Gasteiger partial charge in [0.2, 0.25) is 0 Å². The van der Waals surface area contributed by atoms with Crippen LogP contribution in [0.3, 0.4) is 0 Å². The van der Waals surface area contributed by atoms with Crippen LogP contribution in [0.15, 0.2) is 170 Å². The van der Waals surface area contributed by atoms with E-state index in [-0.39, 0.29) is 10.8 Å². The molecule has 3 aliphatic carbocycles. The Morgan fingerprint density at radius 2 is 0.621 bits per heavy atom. The predicted octanol–water partition coefficient (Wildman–Crippen LogP) is 18.2. The van der Waals surface area contributed by atoms with Crippen molar-refractivity contribution >= 4 is 21.5 Å². The highest BCUT2D eigenvalue weighted by molar-refractivity contribution is 6.27. The smallest absolute Gasteiger partial charge is 0.0159 e. The van der Waals surface area contributed by atoms with E-state index in [1.807, 2.05) is 0 Å². The molecule has 10 aromatic rings. The molecule has 0 saturated heterocycles. The molecule has 0 unspecified atom stereocenters. The topological polar surface area (TPSA) is 0 Å². The summed E-state index contributed by atoms with van der Waals surface area (Å²) in [5, 5.41) is 5.23. The van der Waals surface area contributed by atoms with Crippen molar-refractivity contribution in [1.29, 1.82) is 0 Å². The van der Waals surface area contributed by atoms with Gasteiger partial charge < -0.3 is 0 Å². The lowest BCUT2D eigenvalue weighted by atomic mass is 9.78. The van der Waals surface area contributed by atoms with Crippen LogP contribution in [0.2, 0.25) is 0 Å².